The highest BCUT2D eigenvalue weighted by molar-refractivity contribution is 7.17. The number of carbonyl (C=O) groups excluding carboxylic acids is 1. The molecule has 0 saturated carbocycles. The van der Waals surface area contributed by atoms with Crippen LogP contribution in [0.2, 0.25) is 0 Å². The van der Waals surface area contributed by atoms with Gasteiger partial charge >= 0.3 is 0 Å². The number of amides is 1. The number of fused-ring (bicyclic) bond motifs is 1. The van der Waals surface area contributed by atoms with E-state index in [1.165, 1.54) is 11.3 Å². The van der Waals surface area contributed by atoms with Crippen molar-refractivity contribution in [3.8, 4) is 28.3 Å². The molecule has 1 amide bonds. The lowest BCUT2D eigenvalue weighted by Crippen LogP contribution is -2.26. The van der Waals surface area contributed by atoms with E-state index in [4.69, 9.17) is 15.5 Å². The van der Waals surface area contributed by atoms with Crippen LogP contribution in [-0.4, -0.2) is 22.6 Å². The zero-order chi connectivity index (χ0) is 21.3. The summed E-state index contributed by atoms with van der Waals surface area (Å²) in [6, 6.07) is 15.4. The first kappa shape index (κ1) is 19.8. The number of nitrogens with two attached hydrogens (primary N) is 1. The number of primary amides is 1. The lowest BCUT2D eigenvalue weighted by Gasteiger charge is -2.13. The van der Waals surface area contributed by atoms with Gasteiger partial charge in [-0.2, -0.15) is 0 Å². The number of hydrogen-bond acceptors (Lipinski definition) is 5. The van der Waals surface area contributed by atoms with Crippen molar-refractivity contribution in [2.45, 2.75) is 19.9 Å². The lowest BCUT2D eigenvalue weighted by atomic mass is 10.1. The standard InChI is InChI=1S/C23H21N3O3S/c1-14-6-8-15(9-7-14)21-25-22-20(23(28)26(21)11-10-19(24)27)18(13-30-22)16-4-3-5-17(12-16)29-2/h3-9,12-13H,10-11H2,1-2H3,(H2,24,27). The van der Waals surface area contributed by atoms with E-state index >= 15 is 0 Å². The Hall–Kier alpha value is -3.45. The van der Waals surface area contributed by atoms with E-state index in [2.05, 4.69) is 0 Å². The number of methoxy groups -OCH3 is 1. The molecule has 30 heavy (non-hydrogen) atoms. The van der Waals surface area contributed by atoms with Crippen molar-refractivity contribution in [3.63, 3.8) is 0 Å². The molecule has 0 aliphatic carbocycles. The monoisotopic (exact) mass is 419 g/mol. The highest BCUT2D eigenvalue weighted by Crippen LogP contribution is 2.34. The summed E-state index contributed by atoms with van der Waals surface area (Å²) in [7, 11) is 1.61. The number of thiophene rings is 1. The second-order valence-corrected chi connectivity index (χ2v) is 7.89. The summed E-state index contributed by atoms with van der Waals surface area (Å²) in [5.41, 5.74) is 8.79. The Morgan fingerprint density at radius 1 is 1.17 bits per heavy atom. The largest absolute Gasteiger partial charge is 0.497 e. The second-order valence-electron chi connectivity index (χ2n) is 7.04. The Kier molecular flexibility index (Phi) is 5.37. The maximum Gasteiger partial charge on any atom is 0.263 e. The molecule has 0 fully saturated rings. The zero-order valence-corrected chi connectivity index (χ0v) is 17.5. The molecule has 0 atom stereocenters. The van der Waals surface area contributed by atoms with Crippen molar-refractivity contribution in [1.29, 1.82) is 0 Å². The van der Waals surface area contributed by atoms with Crippen LogP contribution in [0.4, 0.5) is 0 Å². The van der Waals surface area contributed by atoms with Gasteiger partial charge in [-0.15, -0.1) is 11.3 Å². The van der Waals surface area contributed by atoms with Crippen LogP contribution in [0.25, 0.3) is 32.7 Å². The SMILES string of the molecule is COc1cccc(-c2csc3nc(-c4ccc(C)cc4)n(CCC(N)=O)c(=O)c23)c1. The first-order chi connectivity index (χ1) is 14.5. The summed E-state index contributed by atoms with van der Waals surface area (Å²) >= 11 is 1.42. The summed E-state index contributed by atoms with van der Waals surface area (Å²) in [4.78, 5) is 30.4. The van der Waals surface area contributed by atoms with Gasteiger partial charge in [0.2, 0.25) is 5.91 Å². The van der Waals surface area contributed by atoms with Crippen LogP contribution in [0.5, 0.6) is 5.75 Å². The number of aromatic nitrogens is 2. The average Bonchev–Trinajstić information content (AvgIpc) is 3.18. The van der Waals surface area contributed by atoms with Gasteiger partial charge in [0.15, 0.2) is 0 Å². The van der Waals surface area contributed by atoms with Gasteiger partial charge in [0.25, 0.3) is 5.56 Å². The fourth-order valence-corrected chi connectivity index (χ4v) is 4.32. The molecule has 6 nitrogen and oxygen atoms in total. The summed E-state index contributed by atoms with van der Waals surface area (Å²) in [5, 5.41) is 2.47. The number of rotatable bonds is 6. The number of carbonyl (C=O) groups is 1. The van der Waals surface area contributed by atoms with Gasteiger partial charge in [-0.05, 0) is 24.6 Å². The molecule has 0 bridgehead atoms. The third kappa shape index (κ3) is 3.71. The van der Waals surface area contributed by atoms with E-state index in [9.17, 15) is 9.59 Å². The number of ether oxygens (including phenoxy) is 1. The van der Waals surface area contributed by atoms with E-state index in [1.54, 1.807) is 11.7 Å². The van der Waals surface area contributed by atoms with Crippen molar-refractivity contribution in [2.75, 3.05) is 7.11 Å². The van der Waals surface area contributed by atoms with Crippen LogP contribution < -0.4 is 16.0 Å². The normalized spacial score (nSPS) is 11.0. The number of nitrogens with zero attached hydrogens (tertiary/aromatic N) is 2. The summed E-state index contributed by atoms with van der Waals surface area (Å²) in [5.74, 6) is 0.785. The van der Waals surface area contributed by atoms with Gasteiger partial charge in [0.05, 0.1) is 12.5 Å². The van der Waals surface area contributed by atoms with Crippen LogP contribution in [-0.2, 0) is 11.3 Å². The summed E-state index contributed by atoms with van der Waals surface area (Å²) in [6.07, 6.45) is 0.0601. The molecule has 2 aromatic carbocycles. The highest BCUT2D eigenvalue weighted by atomic mass is 32.1. The molecule has 2 aromatic heterocycles. The molecular weight excluding hydrogens is 398 g/mol. The number of hydrogen-bond donors (Lipinski definition) is 1. The highest BCUT2D eigenvalue weighted by Gasteiger charge is 2.18. The van der Waals surface area contributed by atoms with E-state index in [0.717, 1.165) is 22.3 Å². The first-order valence-corrected chi connectivity index (χ1v) is 10.4. The molecule has 0 unspecified atom stereocenters. The van der Waals surface area contributed by atoms with E-state index < -0.39 is 5.91 Å². The fraction of sp³-hybridized carbons (Fsp3) is 0.174. The minimum Gasteiger partial charge on any atom is -0.497 e. The second kappa shape index (κ2) is 8.12. The Morgan fingerprint density at radius 2 is 1.93 bits per heavy atom. The maximum absolute atomic E-state index is 13.6. The molecule has 152 valence electrons. The third-order valence-corrected chi connectivity index (χ3v) is 5.84. The van der Waals surface area contributed by atoms with Gasteiger partial charge < -0.3 is 10.5 Å². The van der Waals surface area contributed by atoms with E-state index in [0.29, 0.717) is 21.8 Å². The van der Waals surface area contributed by atoms with Gasteiger partial charge in [-0.25, -0.2) is 4.98 Å². The van der Waals surface area contributed by atoms with Crippen molar-refractivity contribution < 1.29 is 9.53 Å². The Morgan fingerprint density at radius 3 is 2.63 bits per heavy atom. The molecular formula is C23H21N3O3S. The van der Waals surface area contributed by atoms with Gasteiger partial charge in [0, 0.05) is 29.5 Å². The lowest BCUT2D eigenvalue weighted by molar-refractivity contribution is -0.118. The molecule has 7 heteroatoms. The third-order valence-electron chi connectivity index (χ3n) is 4.97. The Bertz CT molecular complexity index is 1290. The van der Waals surface area contributed by atoms with Crippen molar-refractivity contribution in [3.05, 3.63) is 69.8 Å². The number of benzene rings is 2. The Balaban J connectivity index is 1.95. The van der Waals surface area contributed by atoms with Crippen LogP contribution in [0.15, 0.2) is 58.7 Å². The molecule has 0 aliphatic rings. The molecule has 0 aliphatic heterocycles. The predicted octanol–water partition coefficient (Wildman–Crippen LogP) is 3.98. The quantitative estimate of drug-likeness (QED) is 0.512. The van der Waals surface area contributed by atoms with Crippen molar-refractivity contribution in [2.24, 2.45) is 5.73 Å². The molecule has 4 aromatic rings. The van der Waals surface area contributed by atoms with Crippen LogP contribution >= 0.6 is 11.3 Å². The maximum atomic E-state index is 13.6. The van der Waals surface area contributed by atoms with Crippen molar-refractivity contribution in [1.82, 2.24) is 9.55 Å². The molecule has 0 radical (unpaired) electrons. The number of aryl methyl sites for hydroxylation is 1. The predicted molar refractivity (Wildman–Crippen MR) is 120 cm³/mol. The summed E-state index contributed by atoms with van der Waals surface area (Å²) < 4.78 is 6.87. The van der Waals surface area contributed by atoms with Crippen LogP contribution in [0, 0.1) is 6.92 Å². The fourth-order valence-electron chi connectivity index (χ4n) is 3.38. The first-order valence-electron chi connectivity index (χ1n) is 9.49. The molecule has 0 spiro atoms. The average molecular weight is 420 g/mol. The van der Waals surface area contributed by atoms with Crippen LogP contribution in [0.1, 0.15) is 12.0 Å². The van der Waals surface area contributed by atoms with Gasteiger partial charge in [0.1, 0.15) is 16.4 Å². The summed E-state index contributed by atoms with van der Waals surface area (Å²) in [6.45, 7) is 2.17. The van der Waals surface area contributed by atoms with E-state index in [-0.39, 0.29) is 18.5 Å². The van der Waals surface area contributed by atoms with Crippen LogP contribution in [0.3, 0.4) is 0 Å². The minimum absolute atomic E-state index is 0.0601. The van der Waals surface area contributed by atoms with Gasteiger partial charge in [-0.3, -0.25) is 14.2 Å². The Labute approximate surface area is 177 Å². The van der Waals surface area contributed by atoms with E-state index in [1.807, 2.05) is 60.8 Å². The molecule has 4 rings (SSSR count). The smallest absolute Gasteiger partial charge is 0.263 e. The topological polar surface area (TPSA) is 87.2 Å². The van der Waals surface area contributed by atoms with Gasteiger partial charge in [-0.1, -0.05) is 42.0 Å². The zero-order valence-electron chi connectivity index (χ0n) is 16.7. The van der Waals surface area contributed by atoms with Crippen molar-refractivity contribution >= 4 is 27.5 Å². The molecule has 2 N–H and O–H groups in total. The molecule has 0 saturated heterocycles. The minimum atomic E-state index is -0.463. The molecule has 2 heterocycles.